The number of nitrogens with one attached hydrogen (secondary N) is 2. The Bertz CT molecular complexity index is 934. The number of aryl methyl sites for hydroxylation is 3. The van der Waals surface area contributed by atoms with E-state index in [0.717, 1.165) is 34.6 Å². The van der Waals surface area contributed by atoms with E-state index < -0.39 is 0 Å². The molecule has 2 N–H and O–H groups in total. The molecule has 2 aromatic carbocycles. The van der Waals surface area contributed by atoms with E-state index in [1.807, 2.05) is 36.4 Å². The van der Waals surface area contributed by atoms with Gasteiger partial charge in [0.2, 0.25) is 0 Å². The Kier molecular flexibility index (Phi) is 5.32. The number of para-hydroxylation sites is 1. The molecule has 3 rings (SSSR count). The summed E-state index contributed by atoms with van der Waals surface area (Å²) in [5.74, 6) is -0.164. The molecule has 0 fully saturated rings. The first kappa shape index (κ1) is 17.7. The zero-order valence-corrected chi connectivity index (χ0v) is 15.3. The van der Waals surface area contributed by atoms with Crippen molar-refractivity contribution in [2.45, 2.75) is 27.2 Å². The maximum Gasteiger partial charge on any atom is 0.257 e. The molecule has 26 heavy (non-hydrogen) atoms. The average molecular weight is 345 g/mol. The Labute approximate surface area is 154 Å². The molecule has 1 heterocycles. The van der Waals surface area contributed by atoms with Gasteiger partial charge in [0.15, 0.2) is 0 Å². The molecule has 0 aliphatic heterocycles. The lowest BCUT2D eigenvalue weighted by atomic mass is 10.1. The van der Waals surface area contributed by atoms with E-state index in [4.69, 9.17) is 0 Å². The number of aromatic nitrogens is 1. The molecule has 1 amide bonds. The number of amides is 1. The number of carbonyl (C=O) groups is 1. The van der Waals surface area contributed by atoms with Crippen LogP contribution in [0.25, 0.3) is 0 Å². The molecule has 0 unspecified atom stereocenters. The third kappa shape index (κ3) is 4.09. The normalized spacial score (nSPS) is 10.4. The van der Waals surface area contributed by atoms with Gasteiger partial charge in [0.25, 0.3) is 5.91 Å². The standard InChI is InChI=1S/C22H23N3O/c1-4-17-7-5-6-8-21(17)25-22(26)18-12-19(14-23-13-18)24-20-10-9-15(2)11-16(20)3/h5-14,24H,4H2,1-3H3,(H,25,26). The van der Waals surface area contributed by atoms with Crippen LogP contribution < -0.4 is 10.6 Å². The topological polar surface area (TPSA) is 54.0 Å². The maximum atomic E-state index is 12.6. The summed E-state index contributed by atoms with van der Waals surface area (Å²) in [4.78, 5) is 16.8. The maximum absolute atomic E-state index is 12.6. The van der Waals surface area contributed by atoms with Crippen LogP contribution in [0.3, 0.4) is 0 Å². The number of carbonyl (C=O) groups excluding carboxylic acids is 1. The lowest BCUT2D eigenvalue weighted by Gasteiger charge is -2.12. The highest BCUT2D eigenvalue weighted by Crippen LogP contribution is 2.22. The SMILES string of the molecule is CCc1ccccc1NC(=O)c1cncc(Nc2ccc(C)cc2C)c1. The third-order valence-corrected chi connectivity index (χ3v) is 4.31. The molecular weight excluding hydrogens is 322 g/mol. The summed E-state index contributed by atoms with van der Waals surface area (Å²) in [5.41, 5.74) is 6.63. The van der Waals surface area contributed by atoms with Crippen LogP contribution in [0.5, 0.6) is 0 Å². The molecule has 0 aliphatic carbocycles. The summed E-state index contributed by atoms with van der Waals surface area (Å²) < 4.78 is 0. The molecule has 4 nitrogen and oxygen atoms in total. The molecule has 0 saturated heterocycles. The zero-order chi connectivity index (χ0) is 18.5. The van der Waals surface area contributed by atoms with E-state index >= 15 is 0 Å². The Morgan fingerprint density at radius 3 is 2.58 bits per heavy atom. The molecule has 3 aromatic rings. The van der Waals surface area contributed by atoms with E-state index in [-0.39, 0.29) is 5.91 Å². The van der Waals surface area contributed by atoms with Gasteiger partial charge in [0.1, 0.15) is 0 Å². The molecule has 0 spiro atoms. The number of hydrogen-bond donors (Lipinski definition) is 2. The van der Waals surface area contributed by atoms with Gasteiger partial charge in [-0.2, -0.15) is 0 Å². The minimum atomic E-state index is -0.164. The minimum absolute atomic E-state index is 0.164. The highest BCUT2D eigenvalue weighted by atomic mass is 16.1. The van der Waals surface area contributed by atoms with Gasteiger partial charge in [0, 0.05) is 17.6 Å². The van der Waals surface area contributed by atoms with Gasteiger partial charge in [-0.05, 0) is 49.6 Å². The van der Waals surface area contributed by atoms with Crippen molar-refractivity contribution < 1.29 is 4.79 Å². The molecule has 0 atom stereocenters. The van der Waals surface area contributed by atoms with E-state index in [2.05, 4.69) is 48.5 Å². The molecule has 0 saturated carbocycles. The van der Waals surface area contributed by atoms with Crippen LogP contribution in [0.1, 0.15) is 34.0 Å². The number of rotatable bonds is 5. The average Bonchev–Trinajstić information content (AvgIpc) is 2.65. The summed E-state index contributed by atoms with van der Waals surface area (Å²) in [6.07, 6.45) is 4.16. The summed E-state index contributed by atoms with van der Waals surface area (Å²) in [7, 11) is 0. The Hall–Kier alpha value is -3.14. The van der Waals surface area contributed by atoms with Crippen molar-refractivity contribution in [3.63, 3.8) is 0 Å². The fourth-order valence-corrected chi connectivity index (χ4v) is 2.89. The number of hydrogen-bond acceptors (Lipinski definition) is 3. The van der Waals surface area contributed by atoms with Crippen LogP contribution in [0, 0.1) is 13.8 Å². The Morgan fingerprint density at radius 2 is 1.81 bits per heavy atom. The largest absolute Gasteiger partial charge is 0.354 e. The summed E-state index contributed by atoms with van der Waals surface area (Å²) in [6, 6.07) is 15.9. The van der Waals surface area contributed by atoms with E-state index in [1.165, 1.54) is 5.56 Å². The summed E-state index contributed by atoms with van der Waals surface area (Å²) >= 11 is 0. The minimum Gasteiger partial charge on any atom is -0.354 e. The van der Waals surface area contributed by atoms with Crippen LogP contribution in [-0.2, 0) is 6.42 Å². The first-order valence-corrected chi connectivity index (χ1v) is 8.75. The van der Waals surface area contributed by atoms with E-state index in [0.29, 0.717) is 5.56 Å². The molecule has 0 bridgehead atoms. The predicted molar refractivity (Wildman–Crippen MR) is 107 cm³/mol. The van der Waals surface area contributed by atoms with Gasteiger partial charge in [-0.15, -0.1) is 0 Å². The second-order valence-electron chi connectivity index (χ2n) is 6.37. The zero-order valence-electron chi connectivity index (χ0n) is 15.3. The van der Waals surface area contributed by atoms with Gasteiger partial charge in [-0.25, -0.2) is 0 Å². The highest BCUT2D eigenvalue weighted by Gasteiger charge is 2.10. The second kappa shape index (κ2) is 7.83. The van der Waals surface area contributed by atoms with Crippen molar-refractivity contribution in [3.8, 4) is 0 Å². The number of anilines is 3. The van der Waals surface area contributed by atoms with Crippen molar-refractivity contribution in [3.05, 3.63) is 83.2 Å². The molecule has 132 valence electrons. The lowest BCUT2D eigenvalue weighted by molar-refractivity contribution is 0.102. The molecule has 1 aromatic heterocycles. The van der Waals surface area contributed by atoms with Crippen LogP contribution >= 0.6 is 0 Å². The van der Waals surface area contributed by atoms with Gasteiger partial charge < -0.3 is 10.6 Å². The monoisotopic (exact) mass is 345 g/mol. The molecule has 0 aliphatic rings. The van der Waals surface area contributed by atoms with Crippen LogP contribution in [0.15, 0.2) is 60.9 Å². The number of nitrogens with zero attached hydrogens (tertiary/aromatic N) is 1. The van der Waals surface area contributed by atoms with Gasteiger partial charge in [0.05, 0.1) is 17.4 Å². The van der Waals surface area contributed by atoms with Gasteiger partial charge in [-0.1, -0.05) is 42.8 Å². The van der Waals surface area contributed by atoms with E-state index in [1.54, 1.807) is 12.4 Å². The smallest absolute Gasteiger partial charge is 0.257 e. The second-order valence-corrected chi connectivity index (χ2v) is 6.37. The van der Waals surface area contributed by atoms with Crippen LogP contribution in [0.2, 0.25) is 0 Å². The van der Waals surface area contributed by atoms with Crippen LogP contribution in [0.4, 0.5) is 17.1 Å². The lowest BCUT2D eigenvalue weighted by Crippen LogP contribution is -2.13. The van der Waals surface area contributed by atoms with Crippen molar-refractivity contribution in [2.75, 3.05) is 10.6 Å². The van der Waals surface area contributed by atoms with E-state index in [9.17, 15) is 4.79 Å². The summed E-state index contributed by atoms with van der Waals surface area (Å²) in [6.45, 7) is 6.19. The number of pyridine rings is 1. The fraction of sp³-hybridized carbons (Fsp3) is 0.182. The first-order chi connectivity index (χ1) is 12.6. The van der Waals surface area contributed by atoms with Crippen molar-refractivity contribution in [1.82, 2.24) is 4.98 Å². The predicted octanol–water partition coefficient (Wildman–Crippen LogP) is 5.26. The summed E-state index contributed by atoms with van der Waals surface area (Å²) in [5, 5.41) is 6.32. The molecule has 0 radical (unpaired) electrons. The highest BCUT2D eigenvalue weighted by molar-refractivity contribution is 6.05. The van der Waals surface area contributed by atoms with Crippen LogP contribution in [-0.4, -0.2) is 10.9 Å². The van der Waals surface area contributed by atoms with Crippen molar-refractivity contribution >= 4 is 23.0 Å². The Balaban J connectivity index is 1.79. The Morgan fingerprint density at radius 1 is 1.00 bits per heavy atom. The third-order valence-electron chi connectivity index (χ3n) is 4.31. The quantitative estimate of drug-likeness (QED) is 0.663. The van der Waals surface area contributed by atoms with Crippen molar-refractivity contribution in [1.29, 1.82) is 0 Å². The van der Waals surface area contributed by atoms with Gasteiger partial charge in [-0.3, -0.25) is 9.78 Å². The van der Waals surface area contributed by atoms with Crippen molar-refractivity contribution in [2.24, 2.45) is 0 Å². The van der Waals surface area contributed by atoms with Gasteiger partial charge >= 0.3 is 0 Å². The first-order valence-electron chi connectivity index (χ1n) is 8.75. The molecule has 4 heteroatoms. The molecular formula is C22H23N3O. The number of benzene rings is 2. The fourth-order valence-electron chi connectivity index (χ4n) is 2.89.